The number of benzene rings is 5. The molecule has 5 aromatic rings. The fraction of sp³-hybridized carbons (Fsp3) is 0.0952. The van der Waals surface area contributed by atoms with E-state index in [0.717, 1.165) is 60.4 Å². The average Bonchev–Trinajstić information content (AvgIpc) is 3.11. The Morgan fingerprint density at radius 2 is 0.870 bits per heavy atom. The average molecular weight is 709 g/mol. The summed E-state index contributed by atoms with van der Waals surface area (Å²) < 4.78 is 17.5. The summed E-state index contributed by atoms with van der Waals surface area (Å²) in [6.45, 7) is 0.569. The Hall–Kier alpha value is -5.53. The molecule has 0 saturated heterocycles. The fourth-order valence-corrected chi connectivity index (χ4v) is 4.55. The monoisotopic (exact) mass is 708 g/mol. The van der Waals surface area contributed by atoms with Crippen molar-refractivity contribution in [3.63, 3.8) is 0 Å². The molecular formula is C42H29IO3. The minimum absolute atomic E-state index is 0.569. The van der Waals surface area contributed by atoms with Crippen molar-refractivity contribution in [3.8, 4) is 64.6 Å². The molecule has 4 heteroatoms. The maximum absolute atomic E-state index is 6.10. The lowest BCUT2D eigenvalue weighted by molar-refractivity contribution is 0.345. The Bertz CT molecular complexity index is 2070. The van der Waals surface area contributed by atoms with Crippen molar-refractivity contribution in [2.24, 2.45) is 0 Å². The molecule has 0 spiro atoms. The molecule has 5 rings (SSSR count). The molecule has 0 amide bonds. The van der Waals surface area contributed by atoms with Crippen molar-refractivity contribution in [2.45, 2.75) is 0 Å². The zero-order valence-electron chi connectivity index (χ0n) is 25.5. The largest absolute Gasteiger partial charge is 0.497 e. The zero-order chi connectivity index (χ0) is 32.0. The molecular weight excluding hydrogens is 679 g/mol. The quantitative estimate of drug-likeness (QED) is 0.105. The van der Waals surface area contributed by atoms with Crippen molar-refractivity contribution in [1.29, 1.82) is 0 Å². The second kappa shape index (κ2) is 16.5. The van der Waals surface area contributed by atoms with Crippen molar-refractivity contribution in [3.05, 3.63) is 160 Å². The summed E-state index contributed by atoms with van der Waals surface area (Å²) in [4.78, 5) is 0. The Morgan fingerprint density at radius 1 is 0.457 bits per heavy atom. The normalized spacial score (nSPS) is 9.54. The van der Waals surface area contributed by atoms with E-state index in [0.29, 0.717) is 12.4 Å². The molecule has 222 valence electrons. The summed E-state index contributed by atoms with van der Waals surface area (Å²) in [6.07, 6.45) is 0. The molecule has 5 aromatic carbocycles. The van der Waals surface area contributed by atoms with Crippen molar-refractivity contribution < 1.29 is 14.2 Å². The Balaban J connectivity index is 1.49. The van der Waals surface area contributed by atoms with Crippen LogP contribution in [0.3, 0.4) is 0 Å². The number of ether oxygens (including phenoxy) is 3. The molecule has 0 heterocycles. The highest BCUT2D eigenvalue weighted by molar-refractivity contribution is 14.1. The van der Waals surface area contributed by atoms with Crippen LogP contribution in [0.2, 0.25) is 0 Å². The summed E-state index contributed by atoms with van der Waals surface area (Å²) in [5, 5.41) is 0. The number of halogens is 1. The number of hydrogen-bond donors (Lipinski definition) is 0. The van der Waals surface area contributed by atoms with E-state index < -0.39 is 0 Å². The Morgan fingerprint density at radius 3 is 1.33 bits per heavy atom. The first kappa shape index (κ1) is 31.9. The van der Waals surface area contributed by atoms with Gasteiger partial charge in [-0.2, -0.15) is 0 Å². The second-order valence-electron chi connectivity index (χ2n) is 9.76. The predicted octanol–water partition coefficient (Wildman–Crippen LogP) is 8.12. The molecule has 0 unspecified atom stereocenters. The van der Waals surface area contributed by atoms with Gasteiger partial charge >= 0.3 is 0 Å². The van der Waals surface area contributed by atoms with E-state index in [1.165, 1.54) is 0 Å². The van der Waals surface area contributed by atoms with Crippen molar-refractivity contribution in [1.82, 2.24) is 0 Å². The van der Waals surface area contributed by atoms with Crippen LogP contribution in [0.25, 0.3) is 0 Å². The number of alkyl halides is 1. The summed E-state index contributed by atoms with van der Waals surface area (Å²) in [7, 11) is 3.30. The molecule has 0 radical (unpaired) electrons. The molecule has 0 aliphatic heterocycles. The van der Waals surface area contributed by atoms with E-state index in [1.54, 1.807) is 14.2 Å². The molecule has 0 N–H and O–H groups in total. The van der Waals surface area contributed by atoms with Crippen LogP contribution in [0, 0.1) is 47.4 Å². The van der Waals surface area contributed by atoms with E-state index in [2.05, 4.69) is 70.0 Å². The maximum atomic E-state index is 6.10. The molecule has 0 aliphatic carbocycles. The minimum atomic E-state index is 0.569. The summed E-state index contributed by atoms with van der Waals surface area (Å²) in [6, 6.07) is 37.0. The molecule has 0 saturated carbocycles. The van der Waals surface area contributed by atoms with Gasteiger partial charge in [0, 0.05) is 43.4 Å². The third kappa shape index (κ3) is 8.77. The van der Waals surface area contributed by atoms with Gasteiger partial charge in [0.25, 0.3) is 0 Å². The fourth-order valence-electron chi connectivity index (χ4n) is 4.33. The highest BCUT2D eigenvalue weighted by Gasteiger charge is 2.07. The maximum Gasteiger partial charge on any atom is 0.136 e. The van der Waals surface area contributed by atoms with E-state index >= 15 is 0 Å². The van der Waals surface area contributed by atoms with E-state index in [4.69, 9.17) is 14.2 Å². The van der Waals surface area contributed by atoms with Gasteiger partial charge in [0.05, 0.1) is 26.4 Å². The number of methoxy groups -OCH3 is 2. The molecule has 0 aliphatic rings. The lowest BCUT2D eigenvalue weighted by Crippen LogP contribution is -2.01. The molecule has 3 nitrogen and oxygen atoms in total. The standard InChI is InChI=1S/C42H29IO3/c1-44-39-25-16-32(17-26-39)14-20-34-8-3-5-10-36(34)22-23-38-12-7-13-42(46-31-30-43)41(38)29-24-37-11-6-4-9-35(37)21-15-33-18-27-40(45-2)28-19-33/h3-13,16-19,25-28H,30-31H2,1-2H3/i38+0. The third-order valence-corrected chi connectivity index (χ3v) is 7.17. The van der Waals surface area contributed by atoms with Gasteiger partial charge in [-0.15, -0.1) is 0 Å². The number of hydrogen-bond acceptors (Lipinski definition) is 3. The molecule has 46 heavy (non-hydrogen) atoms. The third-order valence-electron chi connectivity index (χ3n) is 6.73. The predicted molar refractivity (Wildman–Crippen MR) is 194 cm³/mol. The smallest absolute Gasteiger partial charge is 0.136 e. The molecule has 0 fully saturated rings. The van der Waals surface area contributed by atoms with Gasteiger partial charge in [-0.1, -0.05) is 100 Å². The van der Waals surface area contributed by atoms with Crippen LogP contribution in [0.4, 0.5) is 0 Å². The van der Waals surface area contributed by atoms with Gasteiger partial charge in [0.2, 0.25) is 0 Å². The molecule has 0 atom stereocenters. The second-order valence-corrected chi connectivity index (χ2v) is 10.8. The highest BCUT2D eigenvalue weighted by Crippen LogP contribution is 2.22. The van der Waals surface area contributed by atoms with Crippen LogP contribution in [-0.2, 0) is 0 Å². The topological polar surface area (TPSA) is 27.7 Å². The Labute approximate surface area is 285 Å². The van der Waals surface area contributed by atoms with Crippen LogP contribution < -0.4 is 14.2 Å². The van der Waals surface area contributed by atoms with Crippen molar-refractivity contribution in [2.75, 3.05) is 25.3 Å². The van der Waals surface area contributed by atoms with Crippen LogP contribution in [0.1, 0.15) is 44.5 Å². The van der Waals surface area contributed by atoms with Gasteiger partial charge in [-0.05, 0) is 84.9 Å². The minimum Gasteiger partial charge on any atom is -0.497 e. The van der Waals surface area contributed by atoms with Crippen molar-refractivity contribution >= 4 is 22.6 Å². The van der Waals surface area contributed by atoms with Gasteiger partial charge in [0.15, 0.2) is 0 Å². The Kier molecular flexibility index (Phi) is 11.4. The van der Waals surface area contributed by atoms with Gasteiger partial charge in [-0.3, -0.25) is 0 Å². The highest BCUT2D eigenvalue weighted by atomic mass is 127. The first-order chi connectivity index (χ1) is 22.7. The van der Waals surface area contributed by atoms with E-state index in [9.17, 15) is 0 Å². The van der Waals surface area contributed by atoms with Crippen LogP contribution >= 0.6 is 22.6 Å². The van der Waals surface area contributed by atoms with E-state index in [-0.39, 0.29) is 0 Å². The van der Waals surface area contributed by atoms with Gasteiger partial charge < -0.3 is 14.2 Å². The first-order valence-corrected chi connectivity index (χ1v) is 16.1. The van der Waals surface area contributed by atoms with E-state index in [1.807, 2.05) is 115 Å². The SMILES string of the molecule is COc1ccc(C#Cc2ccccc2C#Cc2c(OCCI)ccc[12c]2C#Cc2ccccc2C#Cc2ccc(OC)cc2)cc1. The van der Waals surface area contributed by atoms with Gasteiger partial charge in [0.1, 0.15) is 17.2 Å². The van der Waals surface area contributed by atoms with Crippen LogP contribution in [-0.4, -0.2) is 25.3 Å². The first-order valence-electron chi connectivity index (χ1n) is 14.5. The van der Waals surface area contributed by atoms with Gasteiger partial charge in [-0.25, -0.2) is 0 Å². The summed E-state index contributed by atoms with van der Waals surface area (Å²) in [5.74, 6) is 28.7. The molecule has 0 aromatic heterocycles. The summed E-state index contributed by atoms with van der Waals surface area (Å²) >= 11 is 2.30. The lowest BCUT2D eigenvalue weighted by atomic mass is 10.0. The molecule has 0 bridgehead atoms. The lowest BCUT2D eigenvalue weighted by Gasteiger charge is -2.08. The number of rotatable bonds is 5. The zero-order valence-corrected chi connectivity index (χ0v) is 27.6. The van der Waals surface area contributed by atoms with Crippen LogP contribution in [0.5, 0.6) is 17.2 Å². The van der Waals surface area contributed by atoms with Crippen LogP contribution in [0.15, 0.2) is 115 Å². The summed E-state index contributed by atoms with van der Waals surface area (Å²) in [5.41, 5.74) is 6.65.